The molecule has 134 valence electrons. The Morgan fingerprint density at radius 2 is 1.88 bits per heavy atom. The molecule has 1 aliphatic rings. The fraction of sp³-hybridized carbons (Fsp3) is 0.632. The largest absolute Gasteiger partial charge is 0.381 e. The average molecular weight is 397 g/mol. The highest BCUT2D eigenvalue weighted by atomic mass is 79.9. The van der Waals surface area contributed by atoms with E-state index in [0.29, 0.717) is 19.8 Å². The topological polar surface area (TPSA) is 41.6 Å². The van der Waals surface area contributed by atoms with Gasteiger partial charge in [-0.25, -0.2) is 0 Å². The molecule has 2 rings (SSSR count). The van der Waals surface area contributed by atoms with Crippen LogP contribution in [0.25, 0.3) is 0 Å². The summed E-state index contributed by atoms with van der Waals surface area (Å²) >= 11 is 3.56. The van der Waals surface area contributed by atoms with E-state index < -0.39 is 0 Å². The molecule has 0 radical (unpaired) electrons. The first-order chi connectivity index (χ1) is 11.4. The Morgan fingerprint density at radius 1 is 1.25 bits per heavy atom. The summed E-state index contributed by atoms with van der Waals surface area (Å²) in [5, 5.41) is 3.58. The van der Waals surface area contributed by atoms with Crippen molar-refractivity contribution in [1.29, 1.82) is 0 Å². The molecule has 24 heavy (non-hydrogen) atoms. The summed E-state index contributed by atoms with van der Waals surface area (Å²) in [7, 11) is 0. The lowest BCUT2D eigenvalue weighted by Crippen LogP contribution is -2.53. The summed E-state index contributed by atoms with van der Waals surface area (Å²) in [6.45, 7) is 10.0. The minimum atomic E-state index is -0.197. The Morgan fingerprint density at radius 3 is 2.42 bits per heavy atom. The van der Waals surface area contributed by atoms with Crippen LogP contribution < -0.4 is 5.32 Å². The average Bonchev–Trinajstić information content (AvgIpc) is 2.53. The van der Waals surface area contributed by atoms with Crippen LogP contribution in [0.4, 0.5) is 0 Å². The molecule has 1 aromatic rings. The lowest BCUT2D eigenvalue weighted by molar-refractivity contribution is -0.134. The van der Waals surface area contributed by atoms with Crippen molar-refractivity contribution in [2.75, 3.05) is 19.8 Å². The molecule has 1 saturated heterocycles. The smallest absolute Gasteiger partial charge is 0.237 e. The first-order valence-electron chi connectivity index (χ1n) is 8.76. The van der Waals surface area contributed by atoms with Crippen molar-refractivity contribution in [3.8, 4) is 0 Å². The minimum absolute atomic E-state index is 0.154. The minimum Gasteiger partial charge on any atom is -0.381 e. The Kier molecular flexibility index (Phi) is 6.84. The van der Waals surface area contributed by atoms with Gasteiger partial charge in [0.2, 0.25) is 5.91 Å². The number of halogens is 1. The highest BCUT2D eigenvalue weighted by molar-refractivity contribution is 9.10. The zero-order chi connectivity index (χ0) is 17.7. The van der Waals surface area contributed by atoms with Crippen molar-refractivity contribution in [1.82, 2.24) is 10.2 Å². The van der Waals surface area contributed by atoms with Gasteiger partial charge < -0.3 is 9.64 Å². The van der Waals surface area contributed by atoms with E-state index >= 15 is 0 Å². The third-order valence-electron chi connectivity index (χ3n) is 4.70. The summed E-state index contributed by atoms with van der Waals surface area (Å²) in [6.07, 6.45) is 1.75. The van der Waals surface area contributed by atoms with Gasteiger partial charge >= 0.3 is 0 Å². The standard InChI is InChI=1S/C19H29BrN2O2/c1-14(2)22(15(3)4)18(23)13-21-19(8-10-24-11-9-19)16-6-5-7-17(20)12-16/h5-7,12,14-15,21H,8-11,13H2,1-4H3. The second-order valence-electron chi connectivity index (χ2n) is 7.05. The van der Waals surface area contributed by atoms with Crippen molar-refractivity contribution >= 4 is 21.8 Å². The molecule has 4 nitrogen and oxygen atoms in total. The monoisotopic (exact) mass is 396 g/mol. The maximum Gasteiger partial charge on any atom is 0.237 e. The van der Waals surface area contributed by atoms with Crippen LogP contribution in [0.1, 0.15) is 46.1 Å². The summed E-state index contributed by atoms with van der Waals surface area (Å²) in [5.41, 5.74) is 1.02. The maximum absolute atomic E-state index is 12.7. The van der Waals surface area contributed by atoms with Gasteiger partial charge in [-0.15, -0.1) is 0 Å². The second kappa shape index (κ2) is 8.45. The molecular formula is C19H29BrN2O2. The van der Waals surface area contributed by atoms with Gasteiger partial charge in [0.1, 0.15) is 0 Å². The summed E-state index contributed by atoms with van der Waals surface area (Å²) in [4.78, 5) is 14.7. The molecule has 0 bridgehead atoms. The van der Waals surface area contributed by atoms with E-state index in [2.05, 4.69) is 67.1 Å². The van der Waals surface area contributed by atoms with Crippen molar-refractivity contribution in [2.24, 2.45) is 0 Å². The molecule has 1 aliphatic heterocycles. The van der Waals surface area contributed by atoms with Gasteiger partial charge in [-0.05, 0) is 58.2 Å². The van der Waals surface area contributed by atoms with E-state index in [-0.39, 0.29) is 23.5 Å². The van der Waals surface area contributed by atoms with E-state index in [1.807, 2.05) is 11.0 Å². The number of carbonyl (C=O) groups is 1. The molecule has 0 spiro atoms. The quantitative estimate of drug-likeness (QED) is 0.796. The first kappa shape index (κ1) is 19.4. The number of rotatable bonds is 6. The molecule has 1 N–H and O–H groups in total. The Hall–Kier alpha value is -0.910. The van der Waals surface area contributed by atoms with Gasteiger partial charge in [0.25, 0.3) is 0 Å². The number of hydrogen-bond acceptors (Lipinski definition) is 3. The van der Waals surface area contributed by atoms with Crippen LogP contribution in [0.3, 0.4) is 0 Å². The van der Waals surface area contributed by atoms with Crippen molar-refractivity contribution in [3.05, 3.63) is 34.3 Å². The van der Waals surface area contributed by atoms with Gasteiger partial charge in [-0.1, -0.05) is 28.1 Å². The van der Waals surface area contributed by atoms with Gasteiger partial charge in [0, 0.05) is 35.3 Å². The normalized spacial score (nSPS) is 17.3. The van der Waals surface area contributed by atoms with Crippen molar-refractivity contribution in [2.45, 2.75) is 58.2 Å². The fourth-order valence-electron chi connectivity index (χ4n) is 3.58. The van der Waals surface area contributed by atoms with Gasteiger partial charge in [-0.3, -0.25) is 10.1 Å². The molecule has 0 aliphatic carbocycles. The zero-order valence-electron chi connectivity index (χ0n) is 15.1. The number of ether oxygens (including phenoxy) is 1. The highest BCUT2D eigenvalue weighted by Gasteiger charge is 2.35. The van der Waals surface area contributed by atoms with Gasteiger partial charge in [0.15, 0.2) is 0 Å². The van der Waals surface area contributed by atoms with Crippen molar-refractivity contribution in [3.63, 3.8) is 0 Å². The van der Waals surface area contributed by atoms with Gasteiger partial charge in [-0.2, -0.15) is 0 Å². The molecular weight excluding hydrogens is 368 g/mol. The molecule has 0 saturated carbocycles. The number of benzene rings is 1. The molecule has 1 amide bonds. The van der Waals surface area contributed by atoms with Crippen LogP contribution in [0, 0.1) is 0 Å². The molecule has 0 aromatic heterocycles. The lowest BCUT2D eigenvalue weighted by Gasteiger charge is -2.40. The predicted octanol–water partition coefficient (Wildman–Crippen LogP) is 3.69. The van der Waals surface area contributed by atoms with Crippen LogP contribution >= 0.6 is 15.9 Å². The SMILES string of the molecule is CC(C)N(C(=O)CNC1(c2cccc(Br)c2)CCOCC1)C(C)C. The summed E-state index contributed by atoms with van der Waals surface area (Å²) in [6, 6.07) is 8.77. The summed E-state index contributed by atoms with van der Waals surface area (Å²) < 4.78 is 6.62. The highest BCUT2D eigenvalue weighted by Crippen LogP contribution is 2.33. The van der Waals surface area contributed by atoms with E-state index in [1.54, 1.807) is 0 Å². The third-order valence-corrected chi connectivity index (χ3v) is 5.20. The number of nitrogens with zero attached hydrogens (tertiary/aromatic N) is 1. The van der Waals surface area contributed by atoms with Crippen LogP contribution in [0.2, 0.25) is 0 Å². The predicted molar refractivity (Wildman–Crippen MR) is 101 cm³/mol. The Labute approximate surface area is 154 Å². The molecule has 0 unspecified atom stereocenters. The van der Waals surface area contributed by atoms with E-state index in [1.165, 1.54) is 5.56 Å². The lowest BCUT2D eigenvalue weighted by atomic mass is 9.82. The van der Waals surface area contributed by atoms with Crippen LogP contribution in [0.15, 0.2) is 28.7 Å². The number of nitrogens with one attached hydrogen (secondary N) is 1. The Bertz CT molecular complexity index is 546. The van der Waals surface area contributed by atoms with Crippen LogP contribution in [-0.2, 0) is 15.1 Å². The first-order valence-corrected chi connectivity index (χ1v) is 9.55. The number of hydrogen-bond donors (Lipinski definition) is 1. The van der Waals surface area contributed by atoms with Gasteiger partial charge in [0.05, 0.1) is 6.54 Å². The second-order valence-corrected chi connectivity index (χ2v) is 7.96. The van der Waals surface area contributed by atoms with E-state index in [4.69, 9.17) is 4.74 Å². The third kappa shape index (κ3) is 4.58. The molecule has 0 atom stereocenters. The molecule has 1 fully saturated rings. The Balaban J connectivity index is 2.16. The molecule has 5 heteroatoms. The zero-order valence-corrected chi connectivity index (χ0v) is 16.7. The van der Waals surface area contributed by atoms with Crippen molar-refractivity contribution < 1.29 is 9.53 Å². The fourth-order valence-corrected chi connectivity index (χ4v) is 3.98. The molecule has 1 aromatic carbocycles. The number of amides is 1. The summed E-state index contributed by atoms with van der Waals surface area (Å²) in [5.74, 6) is 0.154. The maximum atomic E-state index is 12.7. The van der Waals surface area contributed by atoms with E-state index in [0.717, 1.165) is 17.3 Å². The number of carbonyl (C=O) groups excluding carboxylic acids is 1. The van der Waals surface area contributed by atoms with Crippen LogP contribution in [-0.4, -0.2) is 42.6 Å². The molecule has 1 heterocycles. The van der Waals surface area contributed by atoms with E-state index in [9.17, 15) is 4.79 Å². The van der Waals surface area contributed by atoms with Crippen LogP contribution in [0.5, 0.6) is 0 Å².